The van der Waals surface area contributed by atoms with Crippen LogP contribution >= 0.6 is 11.6 Å². The largest absolute Gasteiger partial charge is 0.488 e. The third-order valence-electron chi connectivity index (χ3n) is 6.80. The number of hydrogen-bond donors (Lipinski definition) is 2. The smallest absolute Gasteiger partial charge is 0.261 e. The molecule has 196 valence electrons. The van der Waals surface area contributed by atoms with Crippen molar-refractivity contribution in [2.24, 2.45) is 11.8 Å². The van der Waals surface area contributed by atoms with E-state index in [1.807, 2.05) is 0 Å². The van der Waals surface area contributed by atoms with Crippen LogP contribution in [0, 0.1) is 11.8 Å². The first kappa shape index (κ1) is 26.7. The Morgan fingerprint density at radius 2 is 1.89 bits per heavy atom. The topological polar surface area (TPSA) is 99.2 Å². The van der Waals surface area contributed by atoms with Crippen LogP contribution in [-0.2, 0) is 10.0 Å². The second-order valence-electron chi connectivity index (χ2n) is 10.1. The molecule has 0 aromatic heterocycles. The average molecular weight is 536 g/mol. The van der Waals surface area contributed by atoms with Crippen molar-refractivity contribution < 1.29 is 23.1 Å². The van der Waals surface area contributed by atoms with Gasteiger partial charge < -0.3 is 19.6 Å². The summed E-state index contributed by atoms with van der Waals surface area (Å²) in [6, 6.07) is 10.2. The number of likely N-dealkylation sites (N-methyl/N-ethyl adjacent to an activating group) is 1. The molecule has 1 aliphatic carbocycles. The van der Waals surface area contributed by atoms with Crippen LogP contribution in [0.1, 0.15) is 37.0 Å². The first-order valence-electron chi connectivity index (χ1n) is 12.3. The van der Waals surface area contributed by atoms with Gasteiger partial charge in [-0.2, -0.15) is 0 Å². The van der Waals surface area contributed by atoms with Gasteiger partial charge in [-0.05, 0) is 75.2 Å². The fourth-order valence-corrected chi connectivity index (χ4v) is 5.63. The number of halogens is 1. The zero-order valence-electron chi connectivity index (χ0n) is 20.9. The number of hydrogen-bond acceptors (Lipinski definition) is 6. The summed E-state index contributed by atoms with van der Waals surface area (Å²) in [5.41, 5.74) is 0.502. The molecule has 0 saturated heterocycles. The highest BCUT2D eigenvalue weighted by Crippen LogP contribution is 2.33. The molecule has 0 radical (unpaired) electrons. The molecule has 2 aromatic carbocycles. The molecule has 0 bridgehead atoms. The average Bonchev–Trinajstić information content (AvgIpc) is 3.65. The second-order valence-corrected chi connectivity index (χ2v) is 12.2. The molecule has 4 rings (SSSR count). The number of rotatable bonds is 9. The van der Waals surface area contributed by atoms with E-state index < -0.39 is 16.1 Å². The number of sulfonamides is 1. The molecule has 1 saturated carbocycles. The number of fused-ring (bicyclic) bond motifs is 1. The third kappa shape index (κ3) is 6.32. The van der Waals surface area contributed by atoms with Gasteiger partial charge in [0, 0.05) is 36.3 Å². The highest BCUT2D eigenvalue weighted by Gasteiger charge is 2.34. The Morgan fingerprint density at radius 1 is 1.19 bits per heavy atom. The van der Waals surface area contributed by atoms with Gasteiger partial charge in [-0.3, -0.25) is 9.52 Å². The van der Waals surface area contributed by atoms with Crippen molar-refractivity contribution in [3.8, 4) is 5.75 Å². The fourth-order valence-electron chi connectivity index (χ4n) is 4.45. The van der Waals surface area contributed by atoms with Gasteiger partial charge in [-0.15, -0.1) is 0 Å². The standard InChI is InChI=1S/C26H34ClN3O5S/c1-17-13-30(18(2)16-31)26(32)23-12-21(28-36(33,34)22-9-6-20(27)7-10-22)8-11-24(23)35-25(17)15-29(3)14-19-4-5-19/h6-12,17-19,25,28,31H,4-5,13-16H2,1-3H3/t17-,18-,25-/m1/s1. The van der Waals surface area contributed by atoms with E-state index in [9.17, 15) is 18.3 Å². The van der Waals surface area contributed by atoms with Gasteiger partial charge in [0.05, 0.1) is 23.1 Å². The molecule has 3 atom stereocenters. The van der Waals surface area contributed by atoms with E-state index in [0.29, 0.717) is 23.9 Å². The number of nitrogens with one attached hydrogen (secondary N) is 1. The van der Waals surface area contributed by atoms with Crippen LogP contribution in [-0.4, -0.2) is 74.7 Å². The number of benzene rings is 2. The monoisotopic (exact) mass is 535 g/mol. The Hall–Kier alpha value is -2.33. The minimum absolute atomic E-state index is 0.0286. The lowest BCUT2D eigenvalue weighted by molar-refractivity contribution is 0.0344. The van der Waals surface area contributed by atoms with E-state index in [1.54, 1.807) is 24.0 Å². The summed E-state index contributed by atoms with van der Waals surface area (Å²) in [5.74, 6) is 0.868. The van der Waals surface area contributed by atoms with Crippen LogP contribution in [0.5, 0.6) is 5.75 Å². The van der Waals surface area contributed by atoms with Crippen LogP contribution in [0.4, 0.5) is 5.69 Å². The van der Waals surface area contributed by atoms with Gasteiger partial charge in [-0.1, -0.05) is 18.5 Å². The summed E-state index contributed by atoms with van der Waals surface area (Å²) >= 11 is 5.89. The SMILES string of the molecule is C[C@@H]1CN([C@H](C)CO)C(=O)c2cc(NS(=O)(=O)c3ccc(Cl)cc3)ccc2O[C@@H]1CN(C)CC1CC1. The highest BCUT2D eigenvalue weighted by molar-refractivity contribution is 7.92. The maximum absolute atomic E-state index is 13.6. The van der Waals surface area contributed by atoms with Gasteiger partial charge in [-0.25, -0.2) is 8.42 Å². The molecule has 2 N–H and O–H groups in total. The first-order valence-corrected chi connectivity index (χ1v) is 14.1. The van der Waals surface area contributed by atoms with Crippen molar-refractivity contribution >= 4 is 33.2 Å². The van der Waals surface area contributed by atoms with Gasteiger partial charge >= 0.3 is 0 Å². The molecular weight excluding hydrogens is 502 g/mol. The zero-order chi connectivity index (χ0) is 26.0. The van der Waals surface area contributed by atoms with E-state index >= 15 is 0 Å². The Labute approximate surface area is 218 Å². The Kier molecular flexibility index (Phi) is 8.14. The van der Waals surface area contributed by atoms with E-state index in [0.717, 1.165) is 12.5 Å². The number of ether oxygens (including phenoxy) is 1. The maximum atomic E-state index is 13.6. The Morgan fingerprint density at radius 3 is 2.53 bits per heavy atom. The molecular formula is C26H34ClN3O5S. The zero-order valence-corrected chi connectivity index (χ0v) is 22.4. The molecule has 2 aromatic rings. The van der Waals surface area contributed by atoms with Gasteiger partial charge in [0.25, 0.3) is 15.9 Å². The number of nitrogens with zero attached hydrogens (tertiary/aromatic N) is 2. The van der Waals surface area contributed by atoms with E-state index in [-0.39, 0.29) is 40.7 Å². The van der Waals surface area contributed by atoms with Crippen LogP contribution < -0.4 is 9.46 Å². The molecule has 1 aliphatic heterocycles. The Bertz CT molecular complexity index is 1190. The molecule has 0 spiro atoms. The van der Waals surface area contributed by atoms with Crippen molar-refractivity contribution in [1.82, 2.24) is 9.80 Å². The highest BCUT2D eigenvalue weighted by atomic mass is 35.5. The number of aliphatic hydroxyl groups excluding tert-OH is 1. The summed E-state index contributed by atoms with van der Waals surface area (Å²) in [5, 5.41) is 10.3. The van der Waals surface area contributed by atoms with Crippen LogP contribution in [0.2, 0.25) is 5.02 Å². The Balaban J connectivity index is 1.64. The minimum atomic E-state index is -3.89. The van der Waals surface area contributed by atoms with Crippen LogP contribution in [0.25, 0.3) is 0 Å². The normalized spacial score (nSPS) is 21.4. The molecule has 1 heterocycles. The summed E-state index contributed by atoms with van der Waals surface area (Å²) in [4.78, 5) is 17.6. The first-order chi connectivity index (χ1) is 17.1. The molecule has 0 unspecified atom stereocenters. The van der Waals surface area contributed by atoms with Gasteiger partial charge in [0.15, 0.2) is 0 Å². The number of amides is 1. The van der Waals surface area contributed by atoms with E-state index in [2.05, 4.69) is 23.6 Å². The number of aliphatic hydroxyl groups is 1. The van der Waals surface area contributed by atoms with Crippen molar-refractivity contribution in [2.45, 2.75) is 43.7 Å². The minimum Gasteiger partial charge on any atom is -0.488 e. The third-order valence-corrected chi connectivity index (χ3v) is 8.45. The summed E-state index contributed by atoms with van der Waals surface area (Å²) in [6.07, 6.45) is 2.35. The number of carbonyl (C=O) groups is 1. The lowest BCUT2D eigenvalue weighted by Gasteiger charge is -2.38. The molecule has 8 nitrogen and oxygen atoms in total. The molecule has 1 fully saturated rings. The van der Waals surface area contributed by atoms with Crippen molar-refractivity contribution in [3.05, 3.63) is 53.1 Å². The maximum Gasteiger partial charge on any atom is 0.261 e. The summed E-state index contributed by atoms with van der Waals surface area (Å²) < 4.78 is 34.7. The molecule has 36 heavy (non-hydrogen) atoms. The van der Waals surface area contributed by atoms with Crippen LogP contribution in [0.15, 0.2) is 47.4 Å². The molecule has 10 heteroatoms. The second kappa shape index (κ2) is 11.0. The fraction of sp³-hybridized carbons (Fsp3) is 0.500. The lowest BCUT2D eigenvalue weighted by atomic mass is 9.99. The lowest BCUT2D eigenvalue weighted by Crippen LogP contribution is -2.50. The molecule has 2 aliphatic rings. The van der Waals surface area contributed by atoms with Gasteiger partial charge in [0.1, 0.15) is 11.9 Å². The summed E-state index contributed by atoms with van der Waals surface area (Å²) in [6.45, 7) is 5.82. The quantitative estimate of drug-likeness (QED) is 0.508. The van der Waals surface area contributed by atoms with Gasteiger partial charge in [0.2, 0.25) is 0 Å². The predicted octanol–water partition coefficient (Wildman–Crippen LogP) is 3.70. The van der Waals surface area contributed by atoms with Crippen molar-refractivity contribution in [2.75, 3.05) is 38.0 Å². The van der Waals surface area contributed by atoms with Crippen molar-refractivity contribution in [1.29, 1.82) is 0 Å². The van der Waals surface area contributed by atoms with Crippen molar-refractivity contribution in [3.63, 3.8) is 0 Å². The summed E-state index contributed by atoms with van der Waals surface area (Å²) in [7, 11) is -1.80. The van der Waals surface area contributed by atoms with Crippen LogP contribution in [0.3, 0.4) is 0 Å². The predicted molar refractivity (Wildman–Crippen MR) is 140 cm³/mol. The van der Waals surface area contributed by atoms with E-state index in [1.165, 1.54) is 43.2 Å². The number of carbonyl (C=O) groups excluding carboxylic acids is 1. The van der Waals surface area contributed by atoms with E-state index in [4.69, 9.17) is 16.3 Å². The number of anilines is 1. The molecule has 1 amide bonds.